The number of aliphatic hydroxyl groups is 1. The van der Waals surface area contributed by atoms with E-state index in [1.54, 1.807) is 48.5 Å². The van der Waals surface area contributed by atoms with E-state index in [1.807, 2.05) is 0 Å². The predicted octanol–water partition coefficient (Wildman–Crippen LogP) is 2.03. The van der Waals surface area contributed by atoms with Gasteiger partial charge in [-0.15, -0.1) is 0 Å². The van der Waals surface area contributed by atoms with Crippen molar-refractivity contribution in [3.8, 4) is 0 Å². The van der Waals surface area contributed by atoms with Crippen LogP contribution in [0.1, 0.15) is 61.8 Å². The first-order valence-electron chi connectivity index (χ1n) is 9.23. The Morgan fingerprint density at radius 1 is 0.759 bits per heavy atom. The third-order valence-electron chi connectivity index (χ3n) is 3.19. The molecule has 0 aliphatic heterocycles. The molecule has 0 aliphatic rings. The molecule has 0 rings (SSSR count). The first-order valence-corrected chi connectivity index (χ1v) is 9.23. The summed E-state index contributed by atoms with van der Waals surface area (Å²) in [5.41, 5.74) is -1.19. The average molecular weight is 420 g/mol. The molecular weight excluding hydrogens is 384 g/mol. The summed E-state index contributed by atoms with van der Waals surface area (Å²) in [6, 6.07) is 0. The van der Waals surface area contributed by atoms with E-state index in [1.165, 1.54) is 21.1 Å². The second-order valence-corrected chi connectivity index (χ2v) is 8.50. The fraction of sp³-hybridized carbons (Fsp3) is 0.800. The number of esters is 4. The van der Waals surface area contributed by atoms with Gasteiger partial charge in [-0.2, -0.15) is 0 Å². The van der Waals surface area contributed by atoms with E-state index in [0.29, 0.717) is 0 Å². The summed E-state index contributed by atoms with van der Waals surface area (Å²) >= 11 is 0. The first kappa shape index (κ1) is 29.0. The molecule has 0 bridgehead atoms. The summed E-state index contributed by atoms with van der Waals surface area (Å²) < 4.78 is 18.9. The fourth-order valence-corrected chi connectivity index (χ4v) is 1.80. The van der Waals surface area contributed by atoms with E-state index < -0.39 is 47.0 Å². The van der Waals surface area contributed by atoms with Crippen LogP contribution in [0.4, 0.5) is 0 Å². The topological polar surface area (TPSA) is 125 Å². The van der Waals surface area contributed by atoms with E-state index in [2.05, 4.69) is 9.47 Å². The third-order valence-corrected chi connectivity index (χ3v) is 3.19. The SMILES string of the molecule is COC(=O)[C@@H](C)C(O)C(=O)OC(C)(C)C.COC(=O)[C@@H](C)CC(=O)OC(C)(C)C. The molecule has 0 saturated carbocycles. The van der Waals surface area contributed by atoms with Crippen molar-refractivity contribution in [2.45, 2.75) is 79.1 Å². The summed E-state index contributed by atoms with van der Waals surface area (Å²) in [6.07, 6.45) is -1.43. The number of methoxy groups -OCH3 is 2. The lowest BCUT2D eigenvalue weighted by Crippen LogP contribution is -2.38. The van der Waals surface area contributed by atoms with Crippen LogP contribution in [0, 0.1) is 11.8 Å². The predicted molar refractivity (Wildman–Crippen MR) is 105 cm³/mol. The fourth-order valence-electron chi connectivity index (χ4n) is 1.80. The van der Waals surface area contributed by atoms with Crippen molar-refractivity contribution in [3.63, 3.8) is 0 Å². The van der Waals surface area contributed by atoms with Crippen LogP contribution in [-0.2, 0) is 38.1 Å². The highest BCUT2D eigenvalue weighted by atomic mass is 16.6. The maximum absolute atomic E-state index is 11.3. The van der Waals surface area contributed by atoms with Crippen molar-refractivity contribution in [1.82, 2.24) is 0 Å². The molecule has 170 valence electrons. The minimum Gasteiger partial charge on any atom is -0.469 e. The molecule has 9 nitrogen and oxygen atoms in total. The quantitative estimate of drug-likeness (QED) is 0.507. The molecule has 0 aromatic carbocycles. The highest BCUT2D eigenvalue weighted by Gasteiger charge is 2.32. The van der Waals surface area contributed by atoms with Gasteiger partial charge in [0, 0.05) is 0 Å². The van der Waals surface area contributed by atoms with E-state index in [-0.39, 0.29) is 12.4 Å². The van der Waals surface area contributed by atoms with Crippen LogP contribution < -0.4 is 0 Å². The smallest absolute Gasteiger partial charge is 0.336 e. The third kappa shape index (κ3) is 14.5. The molecule has 9 heteroatoms. The van der Waals surface area contributed by atoms with Gasteiger partial charge >= 0.3 is 23.9 Å². The van der Waals surface area contributed by atoms with Crippen molar-refractivity contribution >= 4 is 23.9 Å². The minimum atomic E-state index is -1.49. The van der Waals surface area contributed by atoms with Crippen LogP contribution in [0.25, 0.3) is 0 Å². The van der Waals surface area contributed by atoms with Crippen LogP contribution in [0.15, 0.2) is 0 Å². The molecule has 0 radical (unpaired) electrons. The van der Waals surface area contributed by atoms with E-state index in [4.69, 9.17) is 9.47 Å². The van der Waals surface area contributed by atoms with Gasteiger partial charge in [0.25, 0.3) is 0 Å². The Morgan fingerprint density at radius 2 is 1.17 bits per heavy atom. The number of carbonyl (C=O) groups is 4. The van der Waals surface area contributed by atoms with Crippen molar-refractivity contribution in [3.05, 3.63) is 0 Å². The average Bonchev–Trinajstić information content (AvgIpc) is 2.56. The zero-order valence-electron chi connectivity index (χ0n) is 19.2. The van der Waals surface area contributed by atoms with Crippen LogP contribution in [0.2, 0.25) is 0 Å². The first-order chi connectivity index (χ1) is 12.9. The van der Waals surface area contributed by atoms with E-state index in [9.17, 15) is 24.3 Å². The molecule has 0 fully saturated rings. The molecular formula is C20H36O9. The highest BCUT2D eigenvalue weighted by molar-refractivity contribution is 5.83. The van der Waals surface area contributed by atoms with Gasteiger partial charge in [-0.1, -0.05) is 6.92 Å². The molecule has 1 unspecified atom stereocenters. The van der Waals surface area contributed by atoms with Crippen molar-refractivity contribution in [2.24, 2.45) is 11.8 Å². The van der Waals surface area contributed by atoms with Gasteiger partial charge in [0.1, 0.15) is 11.2 Å². The molecule has 3 atom stereocenters. The number of aliphatic hydroxyl groups excluding tert-OH is 1. The molecule has 0 aromatic rings. The Hall–Kier alpha value is -2.16. The molecule has 0 aliphatic carbocycles. The zero-order chi connectivity index (χ0) is 23.6. The Labute approximate surface area is 173 Å². The van der Waals surface area contributed by atoms with E-state index >= 15 is 0 Å². The van der Waals surface area contributed by atoms with Gasteiger partial charge in [0.15, 0.2) is 6.10 Å². The molecule has 0 amide bonds. The number of carbonyl (C=O) groups excluding carboxylic acids is 4. The van der Waals surface area contributed by atoms with Crippen molar-refractivity contribution < 1.29 is 43.2 Å². The number of rotatable bonds is 6. The number of hydrogen-bond acceptors (Lipinski definition) is 9. The minimum absolute atomic E-state index is 0.0595. The van der Waals surface area contributed by atoms with Gasteiger partial charge in [0.2, 0.25) is 0 Å². The normalized spacial score (nSPS) is 14.3. The monoisotopic (exact) mass is 420 g/mol. The maximum atomic E-state index is 11.3. The van der Waals surface area contributed by atoms with Gasteiger partial charge < -0.3 is 24.1 Å². The van der Waals surface area contributed by atoms with Crippen molar-refractivity contribution in [1.29, 1.82) is 0 Å². The maximum Gasteiger partial charge on any atom is 0.336 e. The number of hydrogen-bond donors (Lipinski definition) is 1. The van der Waals surface area contributed by atoms with Gasteiger partial charge in [-0.25, -0.2) is 4.79 Å². The van der Waals surface area contributed by atoms with Gasteiger partial charge in [0.05, 0.1) is 32.5 Å². The van der Waals surface area contributed by atoms with Crippen LogP contribution in [0.3, 0.4) is 0 Å². The Morgan fingerprint density at radius 3 is 1.52 bits per heavy atom. The lowest BCUT2D eigenvalue weighted by Gasteiger charge is -2.23. The summed E-state index contributed by atoms with van der Waals surface area (Å²) in [5, 5.41) is 9.48. The van der Waals surface area contributed by atoms with Crippen LogP contribution >= 0.6 is 0 Å². The number of ether oxygens (including phenoxy) is 4. The summed E-state index contributed by atoms with van der Waals surface area (Å²) in [5.74, 6) is -3.61. The Bertz CT molecular complexity index is 555. The molecule has 0 saturated heterocycles. The van der Waals surface area contributed by atoms with Gasteiger partial charge in [-0.3, -0.25) is 14.4 Å². The van der Waals surface area contributed by atoms with Crippen molar-refractivity contribution in [2.75, 3.05) is 14.2 Å². The molecule has 1 N–H and O–H groups in total. The summed E-state index contributed by atoms with van der Waals surface area (Å²) in [6.45, 7) is 13.4. The summed E-state index contributed by atoms with van der Waals surface area (Å²) in [4.78, 5) is 44.6. The molecule has 0 spiro atoms. The summed E-state index contributed by atoms with van der Waals surface area (Å²) in [7, 11) is 2.49. The van der Waals surface area contributed by atoms with Gasteiger partial charge in [-0.05, 0) is 48.5 Å². The Kier molecular flexibility index (Phi) is 12.4. The molecule has 0 heterocycles. The largest absolute Gasteiger partial charge is 0.469 e. The zero-order valence-corrected chi connectivity index (χ0v) is 19.2. The van der Waals surface area contributed by atoms with Crippen LogP contribution in [0.5, 0.6) is 0 Å². The van der Waals surface area contributed by atoms with Crippen LogP contribution in [-0.4, -0.2) is 60.5 Å². The second kappa shape index (κ2) is 12.4. The highest BCUT2D eigenvalue weighted by Crippen LogP contribution is 2.13. The molecule has 0 aromatic heterocycles. The lowest BCUT2D eigenvalue weighted by molar-refractivity contribution is -0.173. The standard InChI is InChI=1S/C10H18O5.C10H18O4/c1-6(8(12)14-5)7(11)9(13)15-10(2,3)4;1-7(9(12)13-5)6-8(11)14-10(2,3)4/h6-7,11H,1-5H3;7H,6H2,1-5H3/t6-,7?;7-/m00/s1. The molecule has 29 heavy (non-hydrogen) atoms. The second-order valence-electron chi connectivity index (χ2n) is 8.50. The Balaban J connectivity index is 0. The van der Waals surface area contributed by atoms with E-state index in [0.717, 1.165) is 0 Å². The lowest BCUT2D eigenvalue weighted by atomic mass is 10.1.